The van der Waals surface area contributed by atoms with E-state index in [4.69, 9.17) is 20.4 Å². The van der Waals surface area contributed by atoms with Gasteiger partial charge in [0.05, 0.1) is 25.7 Å². The van der Waals surface area contributed by atoms with Crippen LogP contribution in [0.3, 0.4) is 0 Å². The molecule has 0 aromatic heterocycles. The summed E-state index contributed by atoms with van der Waals surface area (Å²) in [5.74, 6) is 3.42. The van der Waals surface area contributed by atoms with Crippen LogP contribution in [0, 0.1) is 11.8 Å². The van der Waals surface area contributed by atoms with E-state index in [9.17, 15) is 0 Å². The molecular formula is C55H86O6. The molecule has 342 valence electrons. The summed E-state index contributed by atoms with van der Waals surface area (Å²) in [6.45, 7) is 25.9. The number of aliphatic hydroxyl groups is 4. The summed E-state index contributed by atoms with van der Waals surface area (Å²) in [6, 6.07) is 42.4. The summed E-state index contributed by atoms with van der Waals surface area (Å²) in [5.41, 5.74) is 5.70. The fourth-order valence-corrected chi connectivity index (χ4v) is 6.05. The number of rotatable bonds is 21. The average molecular weight is 843 g/mol. The zero-order chi connectivity index (χ0) is 45.9. The summed E-state index contributed by atoms with van der Waals surface area (Å²) < 4.78 is 9.17. The lowest BCUT2D eigenvalue weighted by Gasteiger charge is -2.18. The van der Waals surface area contributed by atoms with Crippen molar-refractivity contribution in [1.29, 1.82) is 0 Å². The van der Waals surface area contributed by atoms with Crippen LogP contribution in [0.5, 0.6) is 0 Å². The fraction of sp³-hybridized carbons (Fsp3) is 0.491. The molecule has 6 unspecified atom stereocenters. The summed E-state index contributed by atoms with van der Waals surface area (Å²) in [6.07, 6.45) is 10.3. The minimum atomic E-state index is 0.0615. The molecule has 0 spiro atoms. The van der Waals surface area contributed by atoms with Crippen LogP contribution in [0.4, 0.5) is 0 Å². The van der Waals surface area contributed by atoms with Crippen molar-refractivity contribution in [3.05, 3.63) is 169 Å². The van der Waals surface area contributed by atoms with Crippen LogP contribution in [0.15, 0.2) is 147 Å². The average Bonchev–Trinajstić information content (AvgIpc) is 3.33. The van der Waals surface area contributed by atoms with Gasteiger partial charge in [-0.1, -0.05) is 190 Å². The van der Waals surface area contributed by atoms with Gasteiger partial charge >= 0.3 is 0 Å². The quantitative estimate of drug-likeness (QED) is 0.0493. The largest absolute Gasteiger partial charge is 0.502 e. The number of benzene rings is 4. The summed E-state index contributed by atoms with van der Waals surface area (Å²) in [4.78, 5) is 0. The molecule has 0 heterocycles. The van der Waals surface area contributed by atoms with Gasteiger partial charge in [0.1, 0.15) is 6.61 Å². The Morgan fingerprint density at radius 1 is 0.443 bits per heavy atom. The van der Waals surface area contributed by atoms with Gasteiger partial charge in [-0.05, 0) is 96.3 Å². The van der Waals surface area contributed by atoms with Crippen LogP contribution in [-0.4, -0.2) is 60.1 Å². The first kappa shape index (κ1) is 58.9. The third kappa shape index (κ3) is 32.2. The van der Waals surface area contributed by atoms with Gasteiger partial charge < -0.3 is 29.9 Å². The molecule has 4 rings (SSSR count). The molecule has 61 heavy (non-hydrogen) atoms. The van der Waals surface area contributed by atoms with Crippen LogP contribution >= 0.6 is 0 Å². The fourth-order valence-electron chi connectivity index (χ4n) is 6.05. The number of hydrogen-bond acceptors (Lipinski definition) is 6. The molecule has 0 fully saturated rings. The van der Waals surface area contributed by atoms with E-state index in [0.717, 1.165) is 25.7 Å². The minimum Gasteiger partial charge on any atom is -0.502 e. The Bertz CT molecular complexity index is 1370. The highest BCUT2D eigenvalue weighted by Crippen LogP contribution is 2.27. The van der Waals surface area contributed by atoms with Crippen molar-refractivity contribution in [3.8, 4) is 0 Å². The predicted octanol–water partition coefficient (Wildman–Crippen LogP) is 13.5. The summed E-state index contributed by atoms with van der Waals surface area (Å²) >= 11 is 0. The highest BCUT2D eigenvalue weighted by atomic mass is 16.5. The highest BCUT2D eigenvalue weighted by molar-refractivity contribution is 5.21. The lowest BCUT2D eigenvalue weighted by Crippen LogP contribution is -2.07. The maximum atomic E-state index is 9.03. The maximum absolute atomic E-state index is 9.03. The van der Waals surface area contributed by atoms with E-state index in [-0.39, 0.29) is 13.2 Å². The van der Waals surface area contributed by atoms with E-state index in [1.54, 1.807) is 0 Å². The molecule has 0 saturated heterocycles. The molecule has 6 atom stereocenters. The van der Waals surface area contributed by atoms with E-state index >= 15 is 0 Å². The Labute approximate surface area is 373 Å². The van der Waals surface area contributed by atoms with Crippen molar-refractivity contribution in [3.63, 3.8) is 0 Å². The predicted molar refractivity (Wildman–Crippen MR) is 262 cm³/mol. The van der Waals surface area contributed by atoms with Crippen molar-refractivity contribution >= 4 is 0 Å². The minimum absolute atomic E-state index is 0.0615. The van der Waals surface area contributed by atoms with Gasteiger partial charge in [0.25, 0.3) is 0 Å². The standard InChI is InChI=1S/2C13H20O.2C10H14.C5H10O2.C4H8O2/c2*1-3-12(9-11(2)10-14)13-7-5-4-6-8-13;2*1-3-9(2)10-7-5-4-6-8-10;1-2-7-5-3-4-6;1-2-6-4-3-5/h2*4-8,11-12,14H,3,9-10H2,1-2H3;2*4-9H,3H2,1-2H3;2,6H,1,3-5H2;2,5H,1,3-4H2. The summed E-state index contributed by atoms with van der Waals surface area (Å²) in [5, 5.41) is 34.3. The lowest BCUT2D eigenvalue weighted by atomic mass is 9.88. The molecule has 0 aliphatic heterocycles. The Kier molecular flexibility index (Phi) is 41.0. The highest BCUT2D eigenvalue weighted by Gasteiger charge is 2.13. The molecule has 0 bridgehead atoms. The number of ether oxygens (including phenoxy) is 2. The Morgan fingerprint density at radius 2 is 0.754 bits per heavy atom. The van der Waals surface area contributed by atoms with Gasteiger partial charge in [-0.2, -0.15) is 0 Å². The lowest BCUT2D eigenvalue weighted by molar-refractivity contribution is 0.166. The topological polar surface area (TPSA) is 99.4 Å². The molecule has 4 aromatic carbocycles. The second kappa shape index (κ2) is 42.5. The molecular weight excluding hydrogens is 757 g/mol. The monoisotopic (exact) mass is 843 g/mol. The number of hydrogen-bond donors (Lipinski definition) is 4. The van der Waals surface area contributed by atoms with Gasteiger partial charge in [0.15, 0.2) is 0 Å². The molecule has 0 aliphatic rings. The van der Waals surface area contributed by atoms with Gasteiger partial charge in [-0.15, -0.1) is 0 Å². The van der Waals surface area contributed by atoms with Crippen LogP contribution < -0.4 is 0 Å². The third-order valence-electron chi connectivity index (χ3n) is 10.4. The van der Waals surface area contributed by atoms with E-state index in [1.807, 2.05) is 12.1 Å². The SMILES string of the molecule is C=COCCCO.C=COCCO.CCC(C)c1ccccc1.CCC(C)c1ccccc1.CCC(CC(C)CO)c1ccccc1.CCC(CC(C)CO)c1ccccc1. The first-order valence-corrected chi connectivity index (χ1v) is 22.6. The zero-order valence-electron chi connectivity index (χ0n) is 39.4. The molecule has 0 radical (unpaired) electrons. The van der Waals surface area contributed by atoms with E-state index in [0.29, 0.717) is 68.4 Å². The number of aliphatic hydroxyl groups excluding tert-OH is 4. The van der Waals surface area contributed by atoms with Crippen molar-refractivity contribution in [1.82, 2.24) is 0 Å². The third-order valence-corrected chi connectivity index (χ3v) is 10.4. The molecule has 4 N–H and O–H groups in total. The van der Waals surface area contributed by atoms with Gasteiger partial charge in [-0.25, -0.2) is 0 Å². The molecule has 0 saturated carbocycles. The first-order valence-electron chi connectivity index (χ1n) is 22.6. The van der Waals surface area contributed by atoms with E-state index in [1.165, 1.54) is 47.6 Å². The van der Waals surface area contributed by atoms with Crippen LogP contribution in [-0.2, 0) is 9.47 Å². The molecule has 0 amide bonds. The van der Waals surface area contributed by atoms with E-state index < -0.39 is 0 Å². The van der Waals surface area contributed by atoms with E-state index in [2.05, 4.69) is 187 Å². The van der Waals surface area contributed by atoms with Gasteiger partial charge in [0.2, 0.25) is 0 Å². The first-order chi connectivity index (χ1) is 29.6. The van der Waals surface area contributed by atoms with Crippen molar-refractivity contribution in [2.45, 2.75) is 124 Å². The molecule has 0 aliphatic carbocycles. The normalized spacial score (nSPS) is 12.9. The van der Waals surface area contributed by atoms with Crippen molar-refractivity contribution in [2.75, 3.05) is 39.6 Å². The molecule has 6 heteroatoms. The maximum Gasteiger partial charge on any atom is 0.110 e. The van der Waals surface area contributed by atoms with Gasteiger partial charge in [0, 0.05) is 26.2 Å². The van der Waals surface area contributed by atoms with Crippen molar-refractivity contribution < 1.29 is 29.9 Å². The van der Waals surface area contributed by atoms with Crippen LogP contribution in [0.1, 0.15) is 146 Å². The van der Waals surface area contributed by atoms with Gasteiger partial charge in [-0.3, -0.25) is 0 Å². The Balaban J connectivity index is 0. The Morgan fingerprint density at radius 3 is 0.984 bits per heavy atom. The Hall–Kier alpha value is -4.20. The summed E-state index contributed by atoms with van der Waals surface area (Å²) in [7, 11) is 0. The molecule has 6 nitrogen and oxygen atoms in total. The van der Waals surface area contributed by atoms with Crippen LogP contribution in [0.25, 0.3) is 0 Å². The second-order valence-corrected chi connectivity index (χ2v) is 15.4. The van der Waals surface area contributed by atoms with Crippen LogP contribution in [0.2, 0.25) is 0 Å². The zero-order valence-corrected chi connectivity index (χ0v) is 39.4. The molecule has 4 aromatic rings. The van der Waals surface area contributed by atoms with Crippen molar-refractivity contribution in [2.24, 2.45) is 11.8 Å². The second-order valence-electron chi connectivity index (χ2n) is 15.4. The smallest absolute Gasteiger partial charge is 0.110 e.